The zero-order valence-electron chi connectivity index (χ0n) is 21.3. The molecule has 0 aliphatic carbocycles. The van der Waals surface area contributed by atoms with E-state index in [1.165, 1.54) is 0 Å². The van der Waals surface area contributed by atoms with E-state index in [2.05, 4.69) is 4.90 Å². The maximum absolute atomic E-state index is 14.6. The Bertz CT molecular complexity index is 1350. The molecule has 2 aliphatic heterocycles. The fourth-order valence-electron chi connectivity index (χ4n) is 5.00. The molecule has 0 unspecified atom stereocenters. The van der Waals surface area contributed by atoms with E-state index in [-0.39, 0.29) is 17.8 Å². The van der Waals surface area contributed by atoms with Crippen LogP contribution in [-0.4, -0.2) is 49.0 Å². The molecule has 0 N–H and O–H groups in total. The first-order valence-electron chi connectivity index (χ1n) is 12.5. The molecule has 2 fully saturated rings. The van der Waals surface area contributed by atoms with E-state index in [4.69, 9.17) is 19.1 Å². The summed E-state index contributed by atoms with van der Waals surface area (Å²) in [6.07, 6.45) is 1.22. The van der Waals surface area contributed by atoms with E-state index < -0.39 is 23.1 Å². The molecule has 0 radical (unpaired) electrons. The Morgan fingerprint density at radius 2 is 1.59 bits per heavy atom. The van der Waals surface area contributed by atoms with Gasteiger partial charge in [-0.15, -0.1) is 0 Å². The van der Waals surface area contributed by atoms with Crippen molar-refractivity contribution in [2.75, 3.05) is 31.1 Å². The summed E-state index contributed by atoms with van der Waals surface area (Å²) in [7, 11) is 0. The summed E-state index contributed by atoms with van der Waals surface area (Å²) in [5.74, 6) is -2.52. The smallest absolute Gasteiger partial charge is 0.415 e. The maximum atomic E-state index is 14.6. The maximum Gasteiger partial charge on any atom is 0.415 e. The summed E-state index contributed by atoms with van der Waals surface area (Å²) >= 11 is 0. The van der Waals surface area contributed by atoms with Crippen LogP contribution in [0.1, 0.15) is 25.3 Å². The second-order valence-electron chi connectivity index (χ2n) is 9.33. The summed E-state index contributed by atoms with van der Waals surface area (Å²) in [5.41, 5.74) is 1.50. The number of likely N-dealkylation sites (tertiary alicyclic amines) is 1. The molecule has 0 aromatic heterocycles. The molecule has 0 bridgehead atoms. The lowest BCUT2D eigenvalue weighted by molar-refractivity contribution is -0.191. The zero-order chi connectivity index (χ0) is 28.0. The van der Waals surface area contributed by atoms with Gasteiger partial charge >= 0.3 is 12.2 Å². The minimum atomic E-state index is -1.22. The van der Waals surface area contributed by atoms with E-state index in [0.717, 1.165) is 17.3 Å². The van der Waals surface area contributed by atoms with Crippen LogP contribution in [0.2, 0.25) is 0 Å². The lowest BCUT2D eigenvalue weighted by Crippen LogP contribution is -2.46. The van der Waals surface area contributed by atoms with Crippen LogP contribution in [0.4, 0.5) is 23.7 Å². The van der Waals surface area contributed by atoms with Crippen molar-refractivity contribution < 1.29 is 37.0 Å². The second-order valence-corrected chi connectivity index (χ2v) is 9.33. The van der Waals surface area contributed by atoms with Crippen LogP contribution in [-0.2, 0) is 20.9 Å². The van der Waals surface area contributed by atoms with Crippen molar-refractivity contribution in [1.82, 2.24) is 4.90 Å². The summed E-state index contributed by atoms with van der Waals surface area (Å²) in [6, 6.07) is 16.1. The van der Waals surface area contributed by atoms with Gasteiger partial charge in [-0.2, -0.15) is 9.59 Å². The number of rotatable bonds is 6. The van der Waals surface area contributed by atoms with Gasteiger partial charge in [-0.3, -0.25) is 9.80 Å². The number of carbonyl (C=O) groups excluding carboxylic acids is 3. The van der Waals surface area contributed by atoms with E-state index >= 15 is 0 Å². The van der Waals surface area contributed by atoms with Gasteiger partial charge in [0, 0.05) is 49.8 Å². The Balaban J connectivity index is 0.00000112. The van der Waals surface area contributed by atoms with Crippen molar-refractivity contribution >= 4 is 17.9 Å². The molecule has 10 heteroatoms. The highest BCUT2D eigenvalue weighted by molar-refractivity contribution is 5.90. The lowest BCUT2D eigenvalue weighted by atomic mass is 9.90. The molecule has 204 valence electrons. The minimum absolute atomic E-state index is 0.00338. The Morgan fingerprint density at radius 3 is 2.26 bits per heavy atom. The highest BCUT2D eigenvalue weighted by atomic mass is 19.2. The molecule has 39 heavy (non-hydrogen) atoms. The van der Waals surface area contributed by atoms with Gasteiger partial charge < -0.3 is 9.47 Å². The lowest BCUT2D eigenvalue weighted by Gasteiger charge is -2.37. The summed E-state index contributed by atoms with van der Waals surface area (Å²) in [4.78, 5) is 32.7. The summed E-state index contributed by atoms with van der Waals surface area (Å²) in [6.45, 7) is 4.61. The second kappa shape index (κ2) is 12.1. The molecule has 1 spiro atoms. The molecule has 2 saturated heterocycles. The minimum Gasteiger partial charge on any atom is -0.494 e. The monoisotopic (exact) mass is 540 g/mol. The van der Waals surface area contributed by atoms with Gasteiger partial charge in [-0.25, -0.2) is 18.0 Å². The number of ether oxygens (including phenoxy) is 2. The van der Waals surface area contributed by atoms with Crippen molar-refractivity contribution in [2.45, 2.75) is 31.9 Å². The van der Waals surface area contributed by atoms with Gasteiger partial charge in [0.25, 0.3) is 0 Å². The van der Waals surface area contributed by atoms with E-state index in [1.807, 2.05) is 43.3 Å². The van der Waals surface area contributed by atoms with Crippen LogP contribution in [0, 0.1) is 17.5 Å². The van der Waals surface area contributed by atoms with Crippen LogP contribution in [0.5, 0.6) is 5.75 Å². The van der Waals surface area contributed by atoms with Gasteiger partial charge in [0.2, 0.25) is 0 Å². The molecule has 1 amide bonds. The third-order valence-electron chi connectivity index (χ3n) is 6.89. The third-order valence-corrected chi connectivity index (χ3v) is 6.89. The van der Waals surface area contributed by atoms with Gasteiger partial charge in [0.1, 0.15) is 17.2 Å². The first-order chi connectivity index (χ1) is 18.8. The summed E-state index contributed by atoms with van der Waals surface area (Å²) in [5, 5.41) is 0. The molecule has 3 aromatic rings. The van der Waals surface area contributed by atoms with Crippen molar-refractivity contribution in [3.05, 3.63) is 83.7 Å². The van der Waals surface area contributed by atoms with Gasteiger partial charge in [0.15, 0.2) is 11.6 Å². The Labute approximate surface area is 223 Å². The Morgan fingerprint density at radius 1 is 0.923 bits per heavy atom. The molecule has 0 atom stereocenters. The van der Waals surface area contributed by atoms with Crippen molar-refractivity contribution in [1.29, 1.82) is 0 Å². The number of para-hydroxylation sites is 1. The van der Waals surface area contributed by atoms with Crippen LogP contribution < -0.4 is 9.64 Å². The molecule has 2 aliphatic rings. The van der Waals surface area contributed by atoms with Gasteiger partial charge in [0.05, 0.1) is 13.2 Å². The van der Waals surface area contributed by atoms with Crippen LogP contribution in [0.15, 0.2) is 60.7 Å². The number of hydrogen-bond acceptors (Lipinski definition) is 6. The Hall–Kier alpha value is -4.14. The molecule has 0 saturated carbocycles. The molecule has 3 aromatic carbocycles. The van der Waals surface area contributed by atoms with Gasteiger partial charge in [-0.05, 0) is 48.4 Å². The predicted octanol–water partition coefficient (Wildman–Crippen LogP) is 5.58. The van der Waals surface area contributed by atoms with Crippen LogP contribution in [0.3, 0.4) is 0 Å². The molecule has 7 nitrogen and oxygen atoms in total. The quantitative estimate of drug-likeness (QED) is 0.380. The first kappa shape index (κ1) is 27.9. The number of hydrogen-bond donors (Lipinski definition) is 0. The number of anilines is 1. The largest absolute Gasteiger partial charge is 0.494 e. The number of nitrogens with zero attached hydrogens (tertiary/aromatic N) is 2. The zero-order valence-corrected chi connectivity index (χ0v) is 21.3. The highest BCUT2D eigenvalue weighted by Crippen LogP contribution is 2.37. The van der Waals surface area contributed by atoms with Gasteiger partial charge in [-0.1, -0.05) is 24.3 Å². The number of carbonyl (C=O) groups is 1. The number of amides is 1. The van der Waals surface area contributed by atoms with Crippen LogP contribution >= 0.6 is 0 Å². The summed E-state index contributed by atoms with van der Waals surface area (Å²) < 4.78 is 53.6. The average molecular weight is 541 g/mol. The average Bonchev–Trinajstić information content (AvgIpc) is 3.25. The normalized spacial score (nSPS) is 16.3. The third kappa shape index (κ3) is 6.30. The highest BCUT2D eigenvalue weighted by Gasteiger charge is 2.47. The number of halogens is 3. The Kier molecular flexibility index (Phi) is 8.69. The van der Waals surface area contributed by atoms with E-state index in [0.29, 0.717) is 63.0 Å². The molecule has 2 heterocycles. The number of piperidine rings is 1. The number of benzene rings is 3. The van der Waals surface area contributed by atoms with Crippen molar-refractivity contribution in [3.8, 4) is 16.9 Å². The van der Waals surface area contributed by atoms with E-state index in [9.17, 15) is 18.0 Å². The molecule has 5 rings (SSSR count). The first-order valence-corrected chi connectivity index (χ1v) is 12.5. The molecular formula is C29H27F3N2O5. The fraction of sp³-hybridized carbons (Fsp3) is 0.310. The van der Waals surface area contributed by atoms with Crippen LogP contribution in [0.25, 0.3) is 11.1 Å². The topological polar surface area (TPSA) is 76.2 Å². The predicted molar refractivity (Wildman–Crippen MR) is 135 cm³/mol. The fourth-order valence-corrected chi connectivity index (χ4v) is 5.00. The van der Waals surface area contributed by atoms with E-state index in [1.54, 1.807) is 17.0 Å². The standard InChI is InChI=1S/C28H27F3N2O3.CO2/c1-2-35-21-8-9-22(23-15-25(30)26(31)16-24(23)29)19(14-21)17-32-12-10-28(11-13-32)18-33(27(34)36-28)20-6-4-3-5-7-20;2-1-3/h3-9,14-16H,2,10-13,17-18H2,1H3;. The molecular weight excluding hydrogens is 513 g/mol. The van der Waals surface area contributed by atoms with Crippen molar-refractivity contribution in [3.63, 3.8) is 0 Å². The SMILES string of the molecule is CCOc1ccc(-c2cc(F)c(F)cc2F)c(CN2CCC3(CC2)CN(c2ccccc2)C(=O)O3)c1.O=C=O. The van der Waals surface area contributed by atoms with Crippen molar-refractivity contribution in [2.24, 2.45) is 0 Å².